The average molecular weight is 260 g/mol. The van der Waals surface area contributed by atoms with E-state index in [0.717, 1.165) is 17.7 Å². The van der Waals surface area contributed by atoms with Crippen molar-refractivity contribution in [3.8, 4) is 0 Å². The van der Waals surface area contributed by atoms with E-state index in [4.69, 9.17) is 4.84 Å². The number of rotatable bonds is 4. The zero-order valence-electron chi connectivity index (χ0n) is 11.7. The molecular weight excluding hydrogens is 240 g/mol. The highest BCUT2D eigenvalue weighted by Crippen LogP contribution is 2.17. The van der Waals surface area contributed by atoms with Crippen LogP contribution in [0.4, 0.5) is 0 Å². The second-order valence-corrected chi connectivity index (χ2v) is 5.21. The average Bonchev–Trinajstić information content (AvgIpc) is 2.87. The van der Waals surface area contributed by atoms with E-state index in [9.17, 15) is 4.79 Å². The number of carbonyl (C=O) groups excluding carboxylic acids is 1. The first-order chi connectivity index (χ1) is 9.08. The van der Waals surface area contributed by atoms with Gasteiger partial charge in [-0.05, 0) is 5.56 Å². The fourth-order valence-corrected chi connectivity index (χ4v) is 2.16. The summed E-state index contributed by atoms with van der Waals surface area (Å²) in [4.78, 5) is 19.0. The minimum atomic E-state index is -0.0390. The second-order valence-electron chi connectivity index (χ2n) is 5.21. The van der Waals surface area contributed by atoms with Crippen LogP contribution in [0.5, 0.6) is 0 Å². The summed E-state index contributed by atoms with van der Waals surface area (Å²) in [6, 6.07) is 9.99. The van der Waals surface area contributed by atoms with Crippen molar-refractivity contribution in [1.82, 2.24) is 4.90 Å². The highest BCUT2D eigenvalue weighted by atomic mass is 16.6. The Morgan fingerprint density at radius 3 is 2.74 bits per heavy atom. The number of hydrogen-bond acceptors (Lipinski definition) is 3. The van der Waals surface area contributed by atoms with E-state index in [1.165, 1.54) is 0 Å². The zero-order chi connectivity index (χ0) is 13.8. The monoisotopic (exact) mass is 260 g/mol. The van der Waals surface area contributed by atoms with Gasteiger partial charge in [0.15, 0.2) is 6.10 Å². The molecule has 0 bridgehead atoms. The van der Waals surface area contributed by atoms with Crippen molar-refractivity contribution in [2.75, 3.05) is 13.6 Å². The molecule has 19 heavy (non-hydrogen) atoms. The van der Waals surface area contributed by atoms with Gasteiger partial charge in [-0.2, -0.15) is 0 Å². The molecule has 0 aliphatic carbocycles. The minimum absolute atomic E-state index is 0.0147. The van der Waals surface area contributed by atoms with E-state index in [-0.39, 0.29) is 17.9 Å². The van der Waals surface area contributed by atoms with Crippen LogP contribution < -0.4 is 0 Å². The van der Waals surface area contributed by atoms with Crippen molar-refractivity contribution in [3.63, 3.8) is 0 Å². The lowest BCUT2D eigenvalue weighted by Gasteiger charge is -2.21. The predicted molar refractivity (Wildman–Crippen MR) is 74.9 cm³/mol. The standard InChI is InChI=1S/C15H20N2O2/c1-11(2)15(18)17(3)10-13-9-14(16-19-13)12-7-5-4-6-8-12/h4-8,11,13H,9-10H2,1-3H3/t13-/m1/s1. The molecular formula is C15H20N2O2. The molecule has 1 atom stereocenters. The summed E-state index contributed by atoms with van der Waals surface area (Å²) >= 11 is 0. The fourth-order valence-electron chi connectivity index (χ4n) is 2.16. The smallest absolute Gasteiger partial charge is 0.224 e. The molecule has 1 amide bonds. The Balaban J connectivity index is 1.90. The number of benzene rings is 1. The van der Waals surface area contributed by atoms with E-state index in [0.29, 0.717) is 6.54 Å². The number of nitrogens with zero attached hydrogens (tertiary/aromatic N) is 2. The van der Waals surface area contributed by atoms with E-state index < -0.39 is 0 Å². The number of oxime groups is 1. The molecule has 4 nitrogen and oxygen atoms in total. The SMILES string of the molecule is CC(C)C(=O)N(C)C[C@H]1CC(c2ccccc2)=NO1. The maximum atomic E-state index is 11.8. The molecule has 0 unspecified atom stereocenters. The Morgan fingerprint density at radius 1 is 1.42 bits per heavy atom. The van der Waals surface area contributed by atoms with Gasteiger partial charge in [-0.25, -0.2) is 0 Å². The third kappa shape index (κ3) is 3.34. The number of carbonyl (C=O) groups is 1. The molecule has 102 valence electrons. The molecule has 0 aromatic heterocycles. The first kappa shape index (κ1) is 13.6. The minimum Gasteiger partial charge on any atom is -0.390 e. The molecule has 0 saturated heterocycles. The molecule has 0 spiro atoms. The van der Waals surface area contributed by atoms with Gasteiger partial charge in [0.05, 0.1) is 12.3 Å². The maximum absolute atomic E-state index is 11.8. The van der Waals surface area contributed by atoms with Crippen LogP contribution in [0.25, 0.3) is 0 Å². The lowest BCUT2D eigenvalue weighted by Crippen LogP contribution is -2.36. The normalized spacial score (nSPS) is 18.1. The fraction of sp³-hybridized carbons (Fsp3) is 0.467. The predicted octanol–water partition coefficient (Wildman–Crippen LogP) is 2.29. The molecule has 1 aliphatic rings. The van der Waals surface area contributed by atoms with Gasteiger partial charge in [0.2, 0.25) is 5.91 Å². The van der Waals surface area contributed by atoms with Crippen LogP contribution in [0.15, 0.2) is 35.5 Å². The molecule has 0 radical (unpaired) electrons. The van der Waals surface area contributed by atoms with E-state index >= 15 is 0 Å². The van der Waals surface area contributed by atoms with Crippen LogP contribution in [0.2, 0.25) is 0 Å². The summed E-state index contributed by atoms with van der Waals surface area (Å²) in [5.41, 5.74) is 2.04. The van der Waals surface area contributed by atoms with Gasteiger partial charge in [-0.15, -0.1) is 0 Å². The first-order valence-electron chi connectivity index (χ1n) is 6.61. The molecule has 1 heterocycles. The van der Waals surface area contributed by atoms with Crippen molar-refractivity contribution in [3.05, 3.63) is 35.9 Å². The highest BCUT2D eigenvalue weighted by Gasteiger charge is 2.25. The molecule has 1 aromatic rings. The maximum Gasteiger partial charge on any atom is 0.224 e. The van der Waals surface area contributed by atoms with Gasteiger partial charge in [0.1, 0.15) is 0 Å². The van der Waals surface area contributed by atoms with Gasteiger partial charge < -0.3 is 9.74 Å². The van der Waals surface area contributed by atoms with Crippen molar-refractivity contribution in [2.45, 2.75) is 26.4 Å². The third-order valence-electron chi connectivity index (χ3n) is 3.19. The highest BCUT2D eigenvalue weighted by molar-refractivity contribution is 6.01. The largest absolute Gasteiger partial charge is 0.390 e. The van der Waals surface area contributed by atoms with Crippen LogP contribution in [-0.2, 0) is 9.63 Å². The third-order valence-corrected chi connectivity index (χ3v) is 3.19. The Labute approximate surface area is 114 Å². The Bertz CT molecular complexity index is 468. The molecule has 1 aromatic carbocycles. The topological polar surface area (TPSA) is 41.9 Å². The first-order valence-corrected chi connectivity index (χ1v) is 6.61. The van der Waals surface area contributed by atoms with Gasteiger partial charge in [0.25, 0.3) is 0 Å². The van der Waals surface area contributed by atoms with Crippen LogP contribution >= 0.6 is 0 Å². The molecule has 0 saturated carbocycles. The summed E-state index contributed by atoms with van der Waals surface area (Å²) in [6.07, 6.45) is 0.711. The van der Waals surface area contributed by atoms with Crippen LogP contribution in [0, 0.1) is 5.92 Å². The van der Waals surface area contributed by atoms with Gasteiger partial charge in [-0.1, -0.05) is 49.3 Å². The van der Waals surface area contributed by atoms with Gasteiger partial charge in [-0.3, -0.25) is 4.79 Å². The zero-order valence-corrected chi connectivity index (χ0v) is 11.7. The van der Waals surface area contributed by atoms with E-state index in [2.05, 4.69) is 5.16 Å². The number of hydrogen-bond donors (Lipinski definition) is 0. The molecule has 1 aliphatic heterocycles. The Kier molecular flexibility index (Phi) is 4.20. The van der Waals surface area contributed by atoms with Crippen molar-refractivity contribution in [1.29, 1.82) is 0 Å². The van der Waals surface area contributed by atoms with Crippen LogP contribution in [0.3, 0.4) is 0 Å². The number of likely N-dealkylation sites (N-methyl/N-ethyl adjacent to an activating group) is 1. The van der Waals surface area contributed by atoms with Crippen molar-refractivity contribution < 1.29 is 9.63 Å². The lowest BCUT2D eigenvalue weighted by atomic mass is 10.0. The summed E-state index contributed by atoms with van der Waals surface area (Å²) < 4.78 is 0. The Morgan fingerprint density at radius 2 is 2.11 bits per heavy atom. The van der Waals surface area contributed by atoms with Crippen LogP contribution in [-0.4, -0.2) is 36.2 Å². The molecule has 0 N–H and O–H groups in total. The van der Waals surface area contributed by atoms with Crippen molar-refractivity contribution >= 4 is 11.6 Å². The molecule has 4 heteroatoms. The second kappa shape index (κ2) is 5.87. The Hall–Kier alpha value is -1.84. The molecule has 2 rings (SSSR count). The van der Waals surface area contributed by atoms with Gasteiger partial charge in [0, 0.05) is 19.4 Å². The van der Waals surface area contributed by atoms with Gasteiger partial charge >= 0.3 is 0 Å². The quantitative estimate of drug-likeness (QED) is 0.833. The van der Waals surface area contributed by atoms with E-state index in [1.807, 2.05) is 51.2 Å². The van der Waals surface area contributed by atoms with Crippen LogP contribution in [0.1, 0.15) is 25.8 Å². The van der Waals surface area contributed by atoms with E-state index in [1.54, 1.807) is 4.90 Å². The summed E-state index contributed by atoms with van der Waals surface area (Å²) in [5.74, 6) is 0.151. The summed E-state index contributed by atoms with van der Waals surface area (Å²) in [5, 5.41) is 4.12. The van der Waals surface area contributed by atoms with Crippen molar-refractivity contribution in [2.24, 2.45) is 11.1 Å². The molecule has 0 fully saturated rings. The lowest BCUT2D eigenvalue weighted by molar-refractivity contribution is -0.134. The number of amides is 1. The summed E-state index contributed by atoms with van der Waals surface area (Å²) in [6.45, 7) is 4.39. The summed E-state index contributed by atoms with van der Waals surface area (Å²) in [7, 11) is 1.81.